The standard InChI is InChI=1S/C29H27ClN2O6S/c1-4-37-22-11-9-21(10-12-22)31-26(33)16-32-28(34)25(39-29(32)35)15-20-13-23(30)27(24(14-20)36-3)38-17-19-7-5-18(2)6-8-19/h5-15H,4,16-17H2,1-3H3,(H,31,33)/b25-15+. The number of rotatable bonds is 10. The highest BCUT2D eigenvalue weighted by atomic mass is 35.5. The minimum absolute atomic E-state index is 0.167. The van der Waals surface area contributed by atoms with Crippen LogP contribution in [-0.2, 0) is 16.2 Å². The lowest BCUT2D eigenvalue weighted by molar-refractivity contribution is -0.127. The summed E-state index contributed by atoms with van der Waals surface area (Å²) in [5.41, 5.74) is 3.20. The number of ether oxygens (including phenoxy) is 3. The van der Waals surface area contributed by atoms with Gasteiger partial charge >= 0.3 is 0 Å². The predicted octanol–water partition coefficient (Wildman–Crippen LogP) is 6.31. The van der Waals surface area contributed by atoms with Crippen LogP contribution in [0.2, 0.25) is 5.02 Å². The number of imide groups is 1. The first-order valence-electron chi connectivity index (χ1n) is 12.1. The summed E-state index contributed by atoms with van der Waals surface area (Å²) in [6.45, 7) is 4.31. The summed E-state index contributed by atoms with van der Waals surface area (Å²) in [6.07, 6.45) is 1.54. The van der Waals surface area contributed by atoms with E-state index >= 15 is 0 Å². The largest absolute Gasteiger partial charge is 0.494 e. The highest BCUT2D eigenvalue weighted by molar-refractivity contribution is 8.18. The van der Waals surface area contributed by atoms with Gasteiger partial charge in [-0.25, -0.2) is 0 Å². The smallest absolute Gasteiger partial charge is 0.294 e. The average molecular weight is 567 g/mol. The molecule has 0 aliphatic carbocycles. The molecular weight excluding hydrogens is 540 g/mol. The second kappa shape index (κ2) is 12.7. The first-order chi connectivity index (χ1) is 18.8. The molecule has 3 aromatic carbocycles. The van der Waals surface area contributed by atoms with Crippen LogP contribution in [0.3, 0.4) is 0 Å². The van der Waals surface area contributed by atoms with Gasteiger partial charge in [0.05, 0.1) is 23.6 Å². The Morgan fingerprint density at radius 1 is 1.05 bits per heavy atom. The van der Waals surface area contributed by atoms with Gasteiger partial charge in [0.15, 0.2) is 11.5 Å². The minimum Gasteiger partial charge on any atom is -0.494 e. The first-order valence-corrected chi connectivity index (χ1v) is 13.3. The Kier molecular flexibility index (Phi) is 9.16. The molecule has 4 rings (SSSR count). The van der Waals surface area contributed by atoms with Gasteiger partial charge in [0.25, 0.3) is 11.1 Å². The number of carbonyl (C=O) groups excluding carboxylic acids is 3. The molecule has 8 nitrogen and oxygen atoms in total. The number of methoxy groups -OCH3 is 1. The van der Waals surface area contributed by atoms with Crippen LogP contribution < -0.4 is 19.5 Å². The Morgan fingerprint density at radius 2 is 1.77 bits per heavy atom. The summed E-state index contributed by atoms with van der Waals surface area (Å²) in [7, 11) is 1.49. The molecule has 39 heavy (non-hydrogen) atoms. The predicted molar refractivity (Wildman–Crippen MR) is 152 cm³/mol. The molecule has 0 spiro atoms. The number of thioether (sulfide) groups is 1. The third-order valence-corrected chi connectivity index (χ3v) is 6.87. The van der Waals surface area contributed by atoms with Crippen LogP contribution in [0.1, 0.15) is 23.6 Å². The van der Waals surface area contributed by atoms with Crippen LogP contribution in [0, 0.1) is 6.92 Å². The van der Waals surface area contributed by atoms with Gasteiger partial charge in [0.2, 0.25) is 5.91 Å². The van der Waals surface area contributed by atoms with Gasteiger partial charge in [-0.15, -0.1) is 0 Å². The van der Waals surface area contributed by atoms with Gasteiger partial charge in [0, 0.05) is 5.69 Å². The third-order valence-electron chi connectivity index (χ3n) is 5.68. The van der Waals surface area contributed by atoms with E-state index < -0.39 is 23.6 Å². The summed E-state index contributed by atoms with van der Waals surface area (Å²) < 4.78 is 16.8. The highest BCUT2D eigenvalue weighted by Gasteiger charge is 2.36. The fourth-order valence-corrected chi connectivity index (χ4v) is 4.85. The van der Waals surface area contributed by atoms with Crippen LogP contribution >= 0.6 is 23.4 Å². The summed E-state index contributed by atoms with van der Waals surface area (Å²) in [4.78, 5) is 39.1. The van der Waals surface area contributed by atoms with Gasteiger partial charge in [-0.2, -0.15) is 0 Å². The number of amides is 3. The number of halogens is 1. The van der Waals surface area contributed by atoms with Crippen molar-refractivity contribution in [1.82, 2.24) is 4.90 Å². The molecule has 1 saturated heterocycles. The van der Waals surface area contributed by atoms with E-state index in [1.807, 2.05) is 38.1 Å². The van der Waals surface area contributed by atoms with Crippen LogP contribution in [-0.4, -0.2) is 42.2 Å². The van der Waals surface area contributed by atoms with Gasteiger partial charge in [0.1, 0.15) is 18.9 Å². The number of carbonyl (C=O) groups is 3. The van der Waals surface area contributed by atoms with Gasteiger partial charge in [-0.1, -0.05) is 41.4 Å². The zero-order valence-corrected chi connectivity index (χ0v) is 23.2. The molecule has 10 heteroatoms. The van der Waals surface area contributed by atoms with E-state index in [1.165, 1.54) is 13.2 Å². The fraction of sp³-hybridized carbons (Fsp3) is 0.207. The molecule has 202 valence electrons. The highest BCUT2D eigenvalue weighted by Crippen LogP contribution is 2.39. The van der Waals surface area contributed by atoms with Crippen LogP contribution in [0.15, 0.2) is 65.6 Å². The zero-order valence-electron chi connectivity index (χ0n) is 21.7. The molecule has 1 heterocycles. The monoisotopic (exact) mass is 566 g/mol. The van der Waals surface area contributed by atoms with Crippen molar-refractivity contribution in [2.75, 3.05) is 25.6 Å². The van der Waals surface area contributed by atoms with Crippen molar-refractivity contribution in [3.8, 4) is 17.2 Å². The topological polar surface area (TPSA) is 94.2 Å². The number of nitrogens with one attached hydrogen (secondary N) is 1. The van der Waals surface area contributed by atoms with Crippen LogP contribution in [0.5, 0.6) is 17.2 Å². The molecule has 0 unspecified atom stereocenters. The Bertz CT molecular complexity index is 1410. The molecule has 1 N–H and O–H groups in total. The zero-order chi connectivity index (χ0) is 27.9. The summed E-state index contributed by atoms with van der Waals surface area (Å²) in [6, 6.07) is 18.0. The van der Waals surface area contributed by atoms with Crippen molar-refractivity contribution >= 4 is 52.2 Å². The van der Waals surface area contributed by atoms with Crippen molar-refractivity contribution < 1.29 is 28.6 Å². The Labute approximate surface area is 235 Å². The maximum absolute atomic E-state index is 12.9. The molecule has 1 aliphatic heterocycles. The molecule has 0 radical (unpaired) electrons. The lowest BCUT2D eigenvalue weighted by Crippen LogP contribution is -2.36. The normalized spacial score (nSPS) is 14.1. The molecule has 0 bridgehead atoms. The van der Waals surface area contributed by atoms with Crippen molar-refractivity contribution in [2.24, 2.45) is 0 Å². The molecule has 0 aromatic heterocycles. The van der Waals surface area contributed by atoms with Crippen molar-refractivity contribution in [1.29, 1.82) is 0 Å². The van der Waals surface area contributed by atoms with E-state index in [0.29, 0.717) is 46.7 Å². The molecule has 1 aliphatic rings. The molecule has 3 aromatic rings. The summed E-state index contributed by atoms with van der Waals surface area (Å²) >= 11 is 7.24. The van der Waals surface area contributed by atoms with Crippen LogP contribution in [0.25, 0.3) is 6.08 Å². The minimum atomic E-state index is -0.568. The molecule has 3 amide bonds. The van der Waals surface area contributed by atoms with Gasteiger partial charge in [-0.05, 0) is 79.2 Å². The van der Waals surface area contributed by atoms with Crippen LogP contribution in [0.4, 0.5) is 10.5 Å². The number of anilines is 1. The maximum atomic E-state index is 12.9. The summed E-state index contributed by atoms with van der Waals surface area (Å²) in [5.74, 6) is 0.365. The van der Waals surface area contributed by atoms with Crippen molar-refractivity contribution in [3.05, 3.63) is 87.3 Å². The molecular formula is C29H27ClN2O6S. The third kappa shape index (κ3) is 7.13. The fourth-order valence-electron chi connectivity index (χ4n) is 3.74. The number of nitrogens with zero attached hydrogens (tertiary/aromatic N) is 1. The van der Waals surface area contributed by atoms with Crippen molar-refractivity contribution in [2.45, 2.75) is 20.5 Å². The lowest BCUT2D eigenvalue weighted by Gasteiger charge is -2.14. The SMILES string of the molecule is CCOc1ccc(NC(=O)CN2C(=O)S/C(=C/c3cc(Cl)c(OCc4ccc(C)cc4)c(OC)c3)C2=O)cc1. The van der Waals surface area contributed by atoms with Crippen molar-refractivity contribution in [3.63, 3.8) is 0 Å². The van der Waals surface area contributed by atoms with Gasteiger partial charge in [-0.3, -0.25) is 19.3 Å². The first kappa shape index (κ1) is 28.1. The van der Waals surface area contributed by atoms with E-state index in [2.05, 4.69) is 5.32 Å². The Morgan fingerprint density at radius 3 is 2.44 bits per heavy atom. The number of benzene rings is 3. The van der Waals surface area contributed by atoms with E-state index in [9.17, 15) is 14.4 Å². The molecule has 1 fully saturated rings. The Hall–Kier alpha value is -3.95. The molecule has 0 saturated carbocycles. The van der Waals surface area contributed by atoms with Gasteiger partial charge < -0.3 is 19.5 Å². The second-order valence-corrected chi connectivity index (χ2v) is 9.98. The van der Waals surface area contributed by atoms with E-state index in [1.54, 1.807) is 36.4 Å². The second-order valence-electron chi connectivity index (χ2n) is 8.58. The lowest BCUT2D eigenvalue weighted by atomic mass is 10.1. The number of hydrogen-bond donors (Lipinski definition) is 1. The van der Waals surface area contributed by atoms with E-state index in [4.69, 9.17) is 25.8 Å². The van der Waals surface area contributed by atoms with E-state index in [0.717, 1.165) is 27.8 Å². The average Bonchev–Trinajstić information content (AvgIpc) is 3.17. The summed E-state index contributed by atoms with van der Waals surface area (Å²) in [5, 5.41) is 2.44. The number of aryl methyl sites for hydroxylation is 1. The molecule has 0 atom stereocenters. The van der Waals surface area contributed by atoms with E-state index in [-0.39, 0.29) is 4.91 Å². The maximum Gasteiger partial charge on any atom is 0.294 e. The number of hydrogen-bond acceptors (Lipinski definition) is 7. The quantitative estimate of drug-likeness (QED) is 0.287. The Balaban J connectivity index is 1.43.